The molecule has 1 unspecified atom stereocenters. The van der Waals surface area contributed by atoms with E-state index in [0.29, 0.717) is 24.8 Å². The standard InChI is InChI=1S/C27H25ClN2O3/c1-2-32-27(31)30-15-14-22-23-16-20(28)10-13-24(23)29-25(22)26(30)19-8-11-21(12-9-19)33-17-18-6-4-3-5-7-18/h3-13,16,26,29H,2,14-15,17H2,1H3. The van der Waals surface area contributed by atoms with Crippen LogP contribution < -0.4 is 4.74 Å². The number of aromatic amines is 1. The molecular formula is C27H25ClN2O3. The topological polar surface area (TPSA) is 54.6 Å². The third-order valence-corrected chi connectivity index (χ3v) is 6.27. The van der Waals surface area contributed by atoms with Crippen molar-refractivity contribution in [3.8, 4) is 5.75 Å². The zero-order valence-corrected chi connectivity index (χ0v) is 19.1. The number of nitrogens with zero attached hydrogens (tertiary/aromatic N) is 1. The minimum Gasteiger partial charge on any atom is -0.489 e. The highest BCUT2D eigenvalue weighted by molar-refractivity contribution is 6.31. The van der Waals surface area contributed by atoms with E-state index in [4.69, 9.17) is 21.1 Å². The predicted molar refractivity (Wildman–Crippen MR) is 130 cm³/mol. The van der Waals surface area contributed by atoms with Gasteiger partial charge in [-0.05, 0) is 60.4 Å². The van der Waals surface area contributed by atoms with Crippen LogP contribution in [-0.4, -0.2) is 29.1 Å². The van der Waals surface area contributed by atoms with Gasteiger partial charge in [-0.1, -0.05) is 54.1 Å². The summed E-state index contributed by atoms with van der Waals surface area (Å²) in [5.41, 5.74) is 5.33. The van der Waals surface area contributed by atoms with Crippen molar-refractivity contribution in [3.63, 3.8) is 0 Å². The molecule has 0 saturated heterocycles. The summed E-state index contributed by atoms with van der Waals surface area (Å²) >= 11 is 6.27. The predicted octanol–water partition coefficient (Wildman–Crippen LogP) is 6.50. The highest BCUT2D eigenvalue weighted by atomic mass is 35.5. The molecule has 6 heteroatoms. The molecule has 0 radical (unpaired) electrons. The second kappa shape index (κ2) is 9.20. The maximum atomic E-state index is 12.8. The molecule has 168 valence electrons. The number of hydrogen-bond donors (Lipinski definition) is 1. The third kappa shape index (κ3) is 4.29. The summed E-state index contributed by atoms with van der Waals surface area (Å²) in [6, 6.07) is 23.6. The number of carbonyl (C=O) groups excluding carboxylic acids is 1. The molecule has 1 aliphatic rings. The van der Waals surface area contributed by atoms with Crippen LogP contribution in [0.15, 0.2) is 72.8 Å². The van der Waals surface area contributed by atoms with Gasteiger partial charge in [-0.3, -0.25) is 4.90 Å². The van der Waals surface area contributed by atoms with E-state index in [-0.39, 0.29) is 12.1 Å². The average Bonchev–Trinajstić information content (AvgIpc) is 3.21. The summed E-state index contributed by atoms with van der Waals surface area (Å²) in [6.45, 7) is 3.24. The Labute approximate surface area is 197 Å². The van der Waals surface area contributed by atoms with Crippen LogP contribution in [0.4, 0.5) is 4.79 Å². The second-order valence-corrected chi connectivity index (χ2v) is 8.53. The molecule has 1 atom stereocenters. The van der Waals surface area contributed by atoms with Gasteiger partial charge in [0.2, 0.25) is 0 Å². The number of aromatic nitrogens is 1. The molecule has 5 nitrogen and oxygen atoms in total. The van der Waals surface area contributed by atoms with Gasteiger partial charge in [0.15, 0.2) is 0 Å². The first-order valence-electron chi connectivity index (χ1n) is 11.1. The van der Waals surface area contributed by atoms with Crippen molar-refractivity contribution in [3.05, 3.63) is 100 Å². The van der Waals surface area contributed by atoms with Crippen LogP contribution in [-0.2, 0) is 17.8 Å². The van der Waals surface area contributed by atoms with Crippen LogP contribution in [0.1, 0.15) is 35.3 Å². The van der Waals surface area contributed by atoms with Gasteiger partial charge >= 0.3 is 6.09 Å². The zero-order chi connectivity index (χ0) is 22.8. The lowest BCUT2D eigenvalue weighted by Gasteiger charge is -2.35. The Morgan fingerprint density at radius 3 is 2.64 bits per heavy atom. The van der Waals surface area contributed by atoms with E-state index in [2.05, 4.69) is 4.98 Å². The van der Waals surface area contributed by atoms with E-state index in [9.17, 15) is 4.79 Å². The normalized spacial score (nSPS) is 15.3. The maximum Gasteiger partial charge on any atom is 0.410 e. The minimum absolute atomic E-state index is 0.276. The number of H-pyrrole nitrogens is 1. The fraction of sp³-hybridized carbons (Fsp3) is 0.222. The van der Waals surface area contributed by atoms with Gasteiger partial charge in [-0.2, -0.15) is 0 Å². The highest BCUT2D eigenvalue weighted by Gasteiger charge is 2.35. The van der Waals surface area contributed by atoms with Crippen LogP contribution in [0, 0.1) is 0 Å². The van der Waals surface area contributed by atoms with Crippen LogP contribution in [0.3, 0.4) is 0 Å². The Morgan fingerprint density at radius 1 is 1.09 bits per heavy atom. The van der Waals surface area contributed by atoms with Crippen molar-refractivity contribution in [2.75, 3.05) is 13.2 Å². The summed E-state index contributed by atoms with van der Waals surface area (Å²) in [4.78, 5) is 18.2. The quantitative estimate of drug-likeness (QED) is 0.369. The van der Waals surface area contributed by atoms with E-state index in [1.165, 1.54) is 5.56 Å². The lowest BCUT2D eigenvalue weighted by Crippen LogP contribution is -2.40. The Morgan fingerprint density at radius 2 is 1.88 bits per heavy atom. The molecule has 3 aromatic carbocycles. The fourth-order valence-electron chi connectivity index (χ4n) is 4.50. The molecule has 0 bridgehead atoms. The van der Waals surface area contributed by atoms with E-state index in [1.807, 2.05) is 79.7 Å². The van der Waals surface area contributed by atoms with Crippen molar-refractivity contribution < 1.29 is 14.3 Å². The van der Waals surface area contributed by atoms with Gasteiger partial charge in [0.1, 0.15) is 18.4 Å². The van der Waals surface area contributed by atoms with Crippen molar-refractivity contribution >= 4 is 28.6 Å². The molecule has 4 aromatic rings. The Hall–Kier alpha value is -3.44. The largest absolute Gasteiger partial charge is 0.489 e. The van der Waals surface area contributed by atoms with E-state index < -0.39 is 0 Å². The fourth-order valence-corrected chi connectivity index (χ4v) is 4.67. The molecule has 1 aromatic heterocycles. The van der Waals surface area contributed by atoms with Crippen LogP contribution in [0.2, 0.25) is 5.02 Å². The van der Waals surface area contributed by atoms with E-state index in [1.54, 1.807) is 4.90 Å². The molecule has 2 heterocycles. The molecule has 0 aliphatic carbocycles. The summed E-state index contributed by atoms with van der Waals surface area (Å²) in [7, 11) is 0. The third-order valence-electron chi connectivity index (χ3n) is 6.04. The highest BCUT2D eigenvalue weighted by Crippen LogP contribution is 2.39. The van der Waals surface area contributed by atoms with Crippen LogP contribution in [0.5, 0.6) is 5.75 Å². The number of carbonyl (C=O) groups is 1. The van der Waals surface area contributed by atoms with Gasteiger partial charge in [-0.15, -0.1) is 0 Å². The summed E-state index contributed by atoms with van der Waals surface area (Å²) < 4.78 is 11.3. The molecule has 0 fully saturated rings. The SMILES string of the molecule is CCOC(=O)N1CCc2c([nH]c3ccc(Cl)cc23)C1c1ccc(OCc2ccccc2)cc1. The molecule has 1 N–H and O–H groups in total. The van der Waals surface area contributed by atoms with Gasteiger partial charge in [0.25, 0.3) is 0 Å². The first-order chi connectivity index (χ1) is 16.1. The number of halogens is 1. The molecule has 33 heavy (non-hydrogen) atoms. The smallest absolute Gasteiger partial charge is 0.410 e. The monoisotopic (exact) mass is 460 g/mol. The number of nitrogens with one attached hydrogen (secondary N) is 1. The van der Waals surface area contributed by atoms with Crippen molar-refractivity contribution in [1.82, 2.24) is 9.88 Å². The average molecular weight is 461 g/mol. The van der Waals surface area contributed by atoms with Gasteiger partial charge in [0, 0.05) is 28.2 Å². The Kier molecular flexibility index (Phi) is 5.97. The first kappa shape index (κ1) is 21.4. The Bertz CT molecular complexity index is 1270. The summed E-state index contributed by atoms with van der Waals surface area (Å²) in [5, 5.41) is 1.81. The molecule has 1 amide bonds. The number of fused-ring (bicyclic) bond motifs is 3. The molecule has 0 saturated carbocycles. The number of ether oxygens (including phenoxy) is 2. The van der Waals surface area contributed by atoms with Crippen molar-refractivity contribution in [2.24, 2.45) is 0 Å². The van der Waals surface area contributed by atoms with Gasteiger partial charge < -0.3 is 14.5 Å². The number of rotatable bonds is 5. The maximum absolute atomic E-state index is 12.8. The number of hydrogen-bond acceptors (Lipinski definition) is 3. The molecule has 0 spiro atoms. The van der Waals surface area contributed by atoms with E-state index in [0.717, 1.165) is 39.9 Å². The summed E-state index contributed by atoms with van der Waals surface area (Å²) in [5.74, 6) is 0.782. The molecular weight excluding hydrogens is 436 g/mol. The number of benzene rings is 3. The minimum atomic E-state index is -0.311. The Balaban J connectivity index is 1.48. The lowest BCUT2D eigenvalue weighted by atomic mass is 9.92. The van der Waals surface area contributed by atoms with E-state index >= 15 is 0 Å². The molecule has 5 rings (SSSR count). The number of amides is 1. The molecule has 1 aliphatic heterocycles. The van der Waals surface area contributed by atoms with Crippen molar-refractivity contribution in [2.45, 2.75) is 26.0 Å². The van der Waals surface area contributed by atoms with Crippen LogP contribution >= 0.6 is 11.6 Å². The first-order valence-corrected chi connectivity index (χ1v) is 11.5. The summed E-state index contributed by atoms with van der Waals surface area (Å²) in [6.07, 6.45) is 0.428. The van der Waals surface area contributed by atoms with Gasteiger partial charge in [-0.25, -0.2) is 4.79 Å². The van der Waals surface area contributed by atoms with Crippen molar-refractivity contribution in [1.29, 1.82) is 0 Å². The second-order valence-electron chi connectivity index (χ2n) is 8.10. The van der Waals surface area contributed by atoms with Gasteiger partial charge in [0.05, 0.1) is 6.61 Å². The lowest BCUT2D eigenvalue weighted by molar-refractivity contribution is 0.0932. The van der Waals surface area contributed by atoms with Crippen LogP contribution in [0.25, 0.3) is 10.9 Å². The zero-order valence-electron chi connectivity index (χ0n) is 18.4.